The number of hydroxylamine groups is 1. The average Bonchev–Trinajstić information content (AvgIpc) is 3.55. The van der Waals surface area contributed by atoms with Crippen molar-refractivity contribution in [2.75, 3.05) is 6.61 Å². The summed E-state index contributed by atoms with van der Waals surface area (Å²) >= 11 is 0. The zero-order valence-electron chi connectivity index (χ0n) is 25.6. The van der Waals surface area contributed by atoms with Crippen molar-refractivity contribution in [3.8, 4) is 0 Å². The Hall–Kier alpha value is -4.09. The van der Waals surface area contributed by atoms with Gasteiger partial charge in [-0.05, 0) is 55.6 Å². The highest BCUT2D eigenvalue weighted by atomic mass is 16.8. The van der Waals surface area contributed by atoms with Crippen molar-refractivity contribution in [1.82, 2.24) is 30.9 Å². The van der Waals surface area contributed by atoms with Crippen molar-refractivity contribution in [1.29, 1.82) is 0 Å². The number of nitrogens with one attached hydrogen (secondary N) is 2. The molecule has 0 saturated carbocycles. The summed E-state index contributed by atoms with van der Waals surface area (Å²) in [5.41, 5.74) is 7.49. The minimum Gasteiger partial charge on any atom is -0.350 e. The van der Waals surface area contributed by atoms with Gasteiger partial charge in [-0.15, -0.1) is 5.10 Å². The number of aromatic nitrogens is 3. The maximum absolute atomic E-state index is 14.1. The standard InChI is InChI=1S/C33H44N6O5/c1-25(2)22-29(32(41)35-39(23-27-14-7-4-8-15-27)30(40)24-38-20-19-34-37-38)28(17-11-16-26-12-5-3-6-13-26)33(42)36-44-31-18-9-10-21-43-31/h3-8,12-15,19-20,25,28-29,31H,9-11,16-18,21-24H2,1-2H3,(H,35,41)(H,36,42)/t28-,29+,31?/m0/s1. The van der Waals surface area contributed by atoms with Gasteiger partial charge in [-0.25, -0.2) is 20.0 Å². The minimum absolute atomic E-state index is 0.0990. The van der Waals surface area contributed by atoms with E-state index in [1.54, 1.807) is 6.20 Å². The van der Waals surface area contributed by atoms with Gasteiger partial charge in [0.1, 0.15) is 6.54 Å². The molecule has 2 aromatic carbocycles. The lowest BCUT2D eigenvalue weighted by atomic mass is 9.81. The Bertz CT molecular complexity index is 1280. The third-order valence-electron chi connectivity index (χ3n) is 7.64. The summed E-state index contributed by atoms with van der Waals surface area (Å²) in [5, 5.41) is 8.98. The lowest BCUT2D eigenvalue weighted by Crippen LogP contribution is -2.52. The van der Waals surface area contributed by atoms with Gasteiger partial charge in [-0.3, -0.25) is 19.8 Å². The van der Waals surface area contributed by atoms with Crippen LogP contribution in [-0.2, 0) is 43.5 Å². The molecule has 236 valence electrons. The van der Waals surface area contributed by atoms with Crippen LogP contribution in [0.4, 0.5) is 0 Å². The molecule has 11 nitrogen and oxygen atoms in total. The summed E-state index contributed by atoms with van der Waals surface area (Å²) in [4.78, 5) is 46.9. The Morgan fingerprint density at radius 2 is 1.73 bits per heavy atom. The summed E-state index contributed by atoms with van der Waals surface area (Å²) < 4.78 is 7.03. The number of ether oxygens (including phenoxy) is 1. The first kappa shape index (κ1) is 32.8. The number of hydrogen-bond acceptors (Lipinski definition) is 7. The molecule has 0 spiro atoms. The maximum Gasteiger partial charge on any atom is 0.263 e. The maximum atomic E-state index is 14.1. The molecular formula is C33H44N6O5. The summed E-state index contributed by atoms with van der Waals surface area (Å²) in [5.74, 6) is -2.40. The Morgan fingerprint density at radius 3 is 2.36 bits per heavy atom. The number of amides is 3. The Balaban J connectivity index is 1.53. The van der Waals surface area contributed by atoms with E-state index in [0.717, 1.165) is 30.4 Å². The molecule has 4 rings (SSSR count). The third-order valence-corrected chi connectivity index (χ3v) is 7.64. The first-order valence-corrected chi connectivity index (χ1v) is 15.5. The van der Waals surface area contributed by atoms with Gasteiger partial charge in [-0.1, -0.05) is 79.7 Å². The van der Waals surface area contributed by atoms with Crippen molar-refractivity contribution >= 4 is 17.7 Å². The molecule has 1 aliphatic heterocycles. The molecule has 0 aliphatic carbocycles. The predicted molar refractivity (Wildman–Crippen MR) is 164 cm³/mol. The van der Waals surface area contributed by atoms with Crippen LogP contribution in [0.2, 0.25) is 0 Å². The van der Waals surface area contributed by atoms with E-state index in [0.29, 0.717) is 32.3 Å². The number of aryl methyl sites for hydroxylation is 1. The zero-order chi connectivity index (χ0) is 31.1. The van der Waals surface area contributed by atoms with Crippen LogP contribution >= 0.6 is 0 Å². The van der Waals surface area contributed by atoms with Gasteiger partial charge in [0.25, 0.3) is 5.91 Å². The van der Waals surface area contributed by atoms with E-state index in [4.69, 9.17) is 9.57 Å². The summed E-state index contributed by atoms with van der Waals surface area (Å²) in [7, 11) is 0. The van der Waals surface area contributed by atoms with Crippen LogP contribution in [0.3, 0.4) is 0 Å². The summed E-state index contributed by atoms with van der Waals surface area (Å²) in [6, 6.07) is 19.5. The molecule has 1 unspecified atom stereocenters. The van der Waals surface area contributed by atoms with Gasteiger partial charge in [0.15, 0.2) is 6.29 Å². The van der Waals surface area contributed by atoms with E-state index in [2.05, 4.69) is 33.4 Å². The van der Waals surface area contributed by atoms with Gasteiger partial charge in [0, 0.05) is 19.2 Å². The topological polar surface area (TPSA) is 128 Å². The highest BCUT2D eigenvalue weighted by Crippen LogP contribution is 2.27. The van der Waals surface area contributed by atoms with Gasteiger partial charge < -0.3 is 4.74 Å². The Morgan fingerprint density at radius 1 is 1.00 bits per heavy atom. The fraction of sp³-hybridized carbons (Fsp3) is 0.485. The smallest absolute Gasteiger partial charge is 0.263 e. The molecule has 3 atom stereocenters. The minimum atomic E-state index is -0.709. The number of hydrazine groups is 1. The predicted octanol–water partition coefficient (Wildman–Crippen LogP) is 4.21. The van der Waals surface area contributed by atoms with E-state index in [9.17, 15) is 14.4 Å². The highest BCUT2D eigenvalue weighted by molar-refractivity contribution is 5.88. The number of rotatable bonds is 15. The Kier molecular flexibility index (Phi) is 12.9. The molecule has 1 fully saturated rings. The van der Waals surface area contributed by atoms with Crippen LogP contribution in [0.1, 0.15) is 63.5 Å². The molecular weight excluding hydrogens is 560 g/mol. The van der Waals surface area contributed by atoms with Crippen molar-refractivity contribution < 1.29 is 24.0 Å². The van der Waals surface area contributed by atoms with Crippen LogP contribution in [0, 0.1) is 17.8 Å². The Labute approximate surface area is 259 Å². The molecule has 0 radical (unpaired) electrons. The number of carbonyl (C=O) groups excluding carboxylic acids is 3. The SMILES string of the molecule is CC(C)C[C@@H](C(=O)NN(Cc1ccccc1)C(=O)Cn1ccnn1)[C@H](CCCc1ccccc1)C(=O)NOC1CCCCO1. The van der Waals surface area contributed by atoms with E-state index in [1.165, 1.54) is 15.9 Å². The number of benzene rings is 2. The molecule has 1 aliphatic rings. The monoisotopic (exact) mass is 604 g/mol. The van der Waals surface area contributed by atoms with Gasteiger partial charge in [0.2, 0.25) is 11.8 Å². The van der Waals surface area contributed by atoms with Gasteiger partial charge >= 0.3 is 0 Å². The summed E-state index contributed by atoms with van der Waals surface area (Å²) in [6.45, 7) is 4.67. The van der Waals surface area contributed by atoms with Crippen LogP contribution in [0.15, 0.2) is 73.1 Å². The molecule has 2 N–H and O–H groups in total. The lowest BCUT2D eigenvalue weighted by molar-refractivity contribution is -0.203. The fourth-order valence-corrected chi connectivity index (χ4v) is 5.36. The zero-order valence-corrected chi connectivity index (χ0v) is 25.6. The molecule has 2 heterocycles. The quantitative estimate of drug-likeness (QED) is 0.249. The van der Waals surface area contributed by atoms with Crippen molar-refractivity contribution in [2.24, 2.45) is 17.8 Å². The van der Waals surface area contributed by atoms with Gasteiger partial charge in [-0.2, -0.15) is 0 Å². The second-order valence-corrected chi connectivity index (χ2v) is 11.6. The molecule has 44 heavy (non-hydrogen) atoms. The molecule has 3 aromatic rings. The number of carbonyl (C=O) groups is 3. The number of hydrogen-bond donors (Lipinski definition) is 2. The van der Waals surface area contributed by atoms with E-state index in [-0.39, 0.29) is 30.8 Å². The molecule has 1 aromatic heterocycles. The van der Waals surface area contributed by atoms with Crippen molar-refractivity contribution in [3.05, 3.63) is 84.2 Å². The third kappa shape index (κ3) is 10.6. The van der Waals surface area contributed by atoms with Crippen LogP contribution in [0.25, 0.3) is 0 Å². The number of nitrogens with zero attached hydrogens (tertiary/aromatic N) is 4. The van der Waals surface area contributed by atoms with E-state index in [1.807, 2.05) is 62.4 Å². The van der Waals surface area contributed by atoms with Crippen molar-refractivity contribution in [3.63, 3.8) is 0 Å². The lowest BCUT2D eigenvalue weighted by Gasteiger charge is -2.31. The molecule has 0 bridgehead atoms. The van der Waals surface area contributed by atoms with Crippen LogP contribution in [0.5, 0.6) is 0 Å². The molecule has 1 saturated heterocycles. The van der Waals surface area contributed by atoms with E-state index < -0.39 is 24.0 Å². The normalized spacial score (nSPS) is 16.2. The van der Waals surface area contributed by atoms with Crippen LogP contribution in [-0.4, -0.2) is 50.6 Å². The fourth-order valence-electron chi connectivity index (χ4n) is 5.36. The van der Waals surface area contributed by atoms with Crippen LogP contribution < -0.4 is 10.9 Å². The average molecular weight is 605 g/mol. The molecule has 3 amide bonds. The first-order valence-electron chi connectivity index (χ1n) is 15.5. The summed E-state index contributed by atoms with van der Waals surface area (Å²) in [6.07, 6.45) is 7.56. The first-order chi connectivity index (χ1) is 21.4. The second-order valence-electron chi connectivity index (χ2n) is 11.6. The molecule has 11 heteroatoms. The largest absolute Gasteiger partial charge is 0.350 e. The van der Waals surface area contributed by atoms with Crippen molar-refractivity contribution in [2.45, 2.75) is 78.2 Å². The van der Waals surface area contributed by atoms with Gasteiger partial charge in [0.05, 0.1) is 24.6 Å². The second kappa shape index (κ2) is 17.3. The highest BCUT2D eigenvalue weighted by Gasteiger charge is 2.36. The van der Waals surface area contributed by atoms with E-state index >= 15 is 0 Å².